The van der Waals surface area contributed by atoms with Gasteiger partial charge in [-0.05, 0) is 24.3 Å². The summed E-state index contributed by atoms with van der Waals surface area (Å²) in [7, 11) is 4.57. The summed E-state index contributed by atoms with van der Waals surface area (Å²) < 4.78 is 26.9. The number of hydrogen-bond donors (Lipinski definition) is 1. The number of hydrogen-bond acceptors (Lipinski definition) is 8. The highest BCUT2D eigenvalue weighted by atomic mass is 16.5. The Morgan fingerprint density at radius 2 is 1.69 bits per heavy atom. The Bertz CT molecular complexity index is 1160. The monoisotopic (exact) mass is 395 g/mol. The number of furan rings is 1. The Morgan fingerprint density at radius 3 is 2.38 bits per heavy atom. The van der Waals surface area contributed by atoms with Crippen molar-refractivity contribution in [1.82, 2.24) is 10.2 Å². The predicted molar refractivity (Wildman–Crippen MR) is 104 cm³/mol. The van der Waals surface area contributed by atoms with E-state index in [1.165, 1.54) is 14.2 Å². The standard InChI is InChI=1S/C20H17N3O6/c1-25-13-7-12(8-14(10-13)26-2)18(24)21-20-23-22-19(29-20)16-9-11-5-4-6-15(27-3)17(11)28-16/h4-10H,1-3H3,(H,21,23,24). The van der Waals surface area contributed by atoms with E-state index < -0.39 is 5.91 Å². The van der Waals surface area contributed by atoms with Crippen molar-refractivity contribution < 1.29 is 27.8 Å². The van der Waals surface area contributed by atoms with Crippen LogP contribution in [0, 0.1) is 0 Å². The number of nitrogens with zero attached hydrogens (tertiary/aromatic N) is 2. The van der Waals surface area contributed by atoms with Crippen molar-refractivity contribution in [3.63, 3.8) is 0 Å². The van der Waals surface area contributed by atoms with Crippen LogP contribution in [0.25, 0.3) is 22.6 Å². The highest BCUT2D eigenvalue weighted by molar-refractivity contribution is 6.03. The van der Waals surface area contributed by atoms with E-state index in [0.29, 0.717) is 34.2 Å². The molecule has 0 fully saturated rings. The number of aromatic nitrogens is 2. The highest BCUT2D eigenvalue weighted by Crippen LogP contribution is 2.33. The number of nitrogens with one attached hydrogen (secondary N) is 1. The van der Waals surface area contributed by atoms with E-state index in [1.54, 1.807) is 37.4 Å². The summed E-state index contributed by atoms with van der Waals surface area (Å²) in [6.45, 7) is 0. The Labute approximate surface area is 165 Å². The number of carbonyl (C=O) groups is 1. The average molecular weight is 395 g/mol. The smallest absolute Gasteiger partial charge is 0.322 e. The van der Waals surface area contributed by atoms with Gasteiger partial charge in [-0.25, -0.2) is 0 Å². The molecule has 0 saturated heterocycles. The van der Waals surface area contributed by atoms with Crippen LogP contribution in [-0.2, 0) is 0 Å². The van der Waals surface area contributed by atoms with Crippen molar-refractivity contribution in [3.8, 4) is 28.9 Å². The topological polar surface area (TPSA) is 109 Å². The van der Waals surface area contributed by atoms with Crippen LogP contribution in [0.5, 0.6) is 17.2 Å². The number of amides is 1. The number of ether oxygens (including phenoxy) is 3. The van der Waals surface area contributed by atoms with Gasteiger partial charge in [-0.3, -0.25) is 10.1 Å². The molecule has 29 heavy (non-hydrogen) atoms. The third kappa shape index (κ3) is 3.57. The molecule has 0 spiro atoms. The van der Waals surface area contributed by atoms with Crippen LogP contribution < -0.4 is 19.5 Å². The number of fused-ring (bicyclic) bond motifs is 1. The first-order chi connectivity index (χ1) is 14.1. The van der Waals surface area contributed by atoms with Gasteiger partial charge in [0, 0.05) is 17.0 Å². The van der Waals surface area contributed by atoms with Crippen LogP contribution in [0.1, 0.15) is 10.4 Å². The maximum absolute atomic E-state index is 12.5. The molecule has 0 atom stereocenters. The lowest BCUT2D eigenvalue weighted by atomic mass is 10.2. The van der Waals surface area contributed by atoms with Crippen molar-refractivity contribution in [2.45, 2.75) is 0 Å². The van der Waals surface area contributed by atoms with Crippen molar-refractivity contribution in [1.29, 1.82) is 0 Å². The number of anilines is 1. The van der Waals surface area contributed by atoms with Crippen molar-refractivity contribution in [2.24, 2.45) is 0 Å². The van der Waals surface area contributed by atoms with Crippen molar-refractivity contribution in [3.05, 3.63) is 48.0 Å². The van der Waals surface area contributed by atoms with Gasteiger partial charge in [-0.15, -0.1) is 5.10 Å². The zero-order valence-electron chi connectivity index (χ0n) is 15.9. The summed E-state index contributed by atoms with van der Waals surface area (Å²) in [4.78, 5) is 12.5. The fraction of sp³-hybridized carbons (Fsp3) is 0.150. The van der Waals surface area contributed by atoms with Gasteiger partial charge in [0.1, 0.15) is 11.5 Å². The molecular formula is C20H17N3O6. The molecule has 148 valence electrons. The second kappa shape index (κ2) is 7.55. The SMILES string of the molecule is COc1cc(OC)cc(C(=O)Nc2nnc(-c3cc4cccc(OC)c4o3)o2)c1. The number of rotatable bonds is 6. The minimum absolute atomic E-state index is 0.0702. The fourth-order valence-corrected chi connectivity index (χ4v) is 2.78. The van der Waals surface area contributed by atoms with Crippen LogP contribution in [0.4, 0.5) is 6.01 Å². The number of benzene rings is 2. The quantitative estimate of drug-likeness (QED) is 0.526. The van der Waals surface area contributed by atoms with Crippen LogP contribution in [0.3, 0.4) is 0 Å². The second-order valence-corrected chi connectivity index (χ2v) is 5.96. The molecule has 0 radical (unpaired) electrons. The van der Waals surface area contributed by atoms with Gasteiger partial charge >= 0.3 is 6.01 Å². The van der Waals surface area contributed by atoms with E-state index in [2.05, 4.69) is 15.5 Å². The Kier molecular flexibility index (Phi) is 4.78. The molecular weight excluding hydrogens is 378 g/mol. The zero-order valence-corrected chi connectivity index (χ0v) is 15.9. The van der Waals surface area contributed by atoms with E-state index in [4.69, 9.17) is 23.0 Å². The highest BCUT2D eigenvalue weighted by Gasteiger charge is 2.18. The van der Waals surface area contributed by atoms with E-state index in [-0.39, 0.29) is 11.9 Å². The van der Waals surface area contributed by atoms with Gasteiger partial charge in [0.2, 0.25) is 0 Å². The van der Waals surface area contributed by atoms with Gasteiger partial charge in [0.15, 0.2) is 17.1 Å². The first kappa shape index (κ1) is 18.4. The van der Waals surface area contributed by atoms with Crippen LogP contribution in [-0.4, -0.2) is 37.4 Å². The lowest BCUT2D eigenvalue weighted by Gasteiger charge is -2.07. The van der Waals surface area contributed by atoms with Crippen molar-refractivity contribution >= 4 is 22.9 Å². The maximum atomic E-state index is 12.5. The molecule has 4 aromatic rings. The Balaban J connectivity index is 1.58. The molecule has 2 aromatic heterocycles. The van der Waals surface area contributed by atoms with Gasteiger partial charge in [-0.2, -0.15) is 0 Å². The Hall–Kier alpha value is -4.01. The lowest BCUT2D eigenvalue weighted by molar-refractivity contribution is 0.102. The van der Waals surface area contributed by atoms with Gasteiger partial charge in [0.05, 0.1) is 21.3 Å². The largest absolute Gasteiger partial charge is 0.497 e. The zero-order chi connectivity index (χ0) is 20.4. The molecule has 2 aromatic carbocycles. The number of carbonyl (C=O) groups excluding carboxylic acids is 1. The number of para-hydroxylation sites is 1. The summed E-state index contributed by atoms with van der Waals surface area (Å²) in [5, 5.41) is 11.2. The summed E-state index contributed by atoms with van der Waals surface area (Å²) in [6.07, 6.45) is 0. The number of methoxy groups -OCH3 is 3. The molecule has 0 aliphatic carbocycles. The third-order valence-electron chi connectivity index (χ3n) is 4.20. The minimum atomic E-state index is -0.455. The van der Waals surface area contributed by atoms with Gasteiger partial charge in [-0.1, -0.05) is 17.2 Å². The average Bonchev–Trinajstić information content (AvgIpc) is 3.39. The molecule has 0 aliphatic heterocycles. The van der Waals surface area contributed by atoms with Gasteiger partial charge in [0.25, 0.3) is 11.8 Å². The van der Waals surface area contributed by atoms with Gasteiger partial charge < -0.3 is 23.0 Å². The normalized spacial score (nSPS) is 10.7. The third-order valence-corrected chi connectivity index (χ3v) is 4.20. The Morgan fingerprint density at radius 1 is 0.931 bits per heavy atom. The molecule has 0 saturated carbocycles. The van der Waals surface area contributed by atoms with Crippen LogP contribution >= 0.6 is 0 Å². The molecule has 1 N–H and O–H groups in total. The first-order valence-corrected chi connectivity index (χ1v) is 8.56. The molecule has 2 heterocycles. The van der Waals surface area contributed by atoms with E-state index in [1.807, 2.05) is 12.1 Å². The minimum Gasteiger partial charge on any atom is -0.497 e. The van der Waals surface area contributed by atoms with Crippen LogP contribution in [0.15, 0.2) is 51.3 Å². The molecule has 0 aliphatic rings. The van der Waals surface area contributed by atoms with Crippen molar-refractivity contribution in [2.75, 3.05) is 26.6 Å². The van der Waals surface area contributed by atoms with E-state index in [0.717, 1.165) is 5.39 Å². The fourth-order valence-electron chi connectivity index (χ4n) is 2.78. The summed E-state index contributed by atoms with van der Waals surface area (Å²) in [5.41, 5.74) is 0.881. The summed E-state index contributed by atoms with van der Waals surface area (Å²) in [5.74, 6) is 1.59. The second-order valence-electron chi connectivity index (χ2n) is 5.96. The maximum Gasteiger partial charge on any atom is 0.322 e. The molecule has 0 unspecified atom stereocenters. The lowest BCUT2D eigenvalue weighted by Crippen LogP contribution is -2.12. The molecule has 1 amide bonds. The van der Waals surface area contributed by atoms with Crippen LogP contribution in [0.2, 0.25) is 0 Å². The van der Waals surface area contributed by atoms with E-state index in [9.17, 15) is 4.79 Å². The summed E-state index contributed by atoms with van der Waals surface area (Å²) in [6, 6.07) is 12.0. The summed E-state index contributed by atoms with van der Waals surface area (Å²) >= 11 is 0. The van der Waals surface area contributed by atoms with E-state index >= 15 is 0 Å². The molecule has 9 heteroatoms. The predicted octanol–water partition coefficient (Wildman–Crippen LogP) is 3.76. The molecule has 4 rings (SSSR count). The molecule has 0 bridgehead atoms. The first-order valence-electron chi connectivity index (χ1n) is 8.56. The molecule has 9 nitrogen and oxygen atoms in total.